The lowest BCUT2D eigenvalue weighted by Gasteiger charge is -2.21. The molecule has 1 amide bonds. The van der Waals surface area contributed by atoms with Crippen molar-refractivity contribution >= 4 is 6.09 Å². The number of rotatable bonds is 0. The molecule has 1 saturated carbocycles. The number of amides is 1. The summed E-state index contributed by atoms with van der Waals surface area (Å²) in [6.07, 6.45) is 3.64. The van der Waals surface area contributed by atoms with Gasteiger partial charge in [0, 0.05) is 12.1 Å². The Balaban J connectivity index is 0.000000143. The summed E-state index contributed by atoms with van der Waals surface area (Å²) in [5, 5.41) is 3.35. The van der Waals surface area contributed by atoms with Gasteiger partial charge in [0.1, 0.15) is 5.60 Å². The first-order chi connectivity index (χ1) is 6.33. The van der Waals surface area contributed by atoms with E-state index in [1.165, 1.54) is 25.8 Å². The van der Waals surface area contributed by atoms with Gasteiger partial charge in [0.25, 0.3) is 0 Å². The molecule has 3 N–H and O–H groups in total. The van der Waals surface area contributed by atoms with Crippen LogP contribution in [0.5, 0.6) is 0 Å². The highest BCUT2D eigenvalue weighted by molar-refractivity contribution is 5.65. The predicted molar refractivity (Wildman–Crippen MR) is 55.0 cm³/mol. The number of nitrogens with one attached hydrogen (secondary N) is 1. The summed E-state index contributed by atoms with van der Waals surface area (Å²) in [5.74, 6) is 0. The molecule has 0 radical (unpaired) electrons. The number of primary amides is 1. The molecule has 4 heteroatoms. The third kappa shape index (κ3) is 3.96. The van der Waals surface area contributed by atoms with Crippen molar-refractivity contribution in [3.63, 3.8) is 0 Å². The van der Waals surface area contributed by atoms with E-state index in [0.717, 1.165) is 5.54 Å². The van der Waals surface area contributed by atoms with Gasteiger partial charge < -0.3 is 15.8 Å². The highest BCUT2D eigenvalue weighted by Crippen LogP contribution is 2.38. The molecule has 0 aromatic carbocycles. The monoisotopic (exact) mass is 200 g/mol. The van der Waals surface area contributed by atoms with Gasteiger partial charge in [-0.3, -0.25) is 0 Å². The Labute approximate surface area is 85.2 Å². The first kappa shape index (κ1) is 11.3. The van der Waals surface area contributed by atoms with Crippen LogP contribution >= 0.6 is 0 Å². The first-order valence-corrected chi connectivity index (χ1v) is 5.07. The van der Waals surface area contributed by atoms with Gasteiger partial charge in [-0.2, -0.15) is 0 Å². The summed E-state index contributed by atoms with van der Waals surface area (Å²) in [7, 11) is 0. The van der Waals surface area contributed by atoms with Crippen LogP contribution in [0, 0.1) is 0 Å². The molecule has 0 aromatic heterocycles. The summed E-state index contributed by atoms with van der Waals surface area (Å²) in [4.78, 5) is 10.0. The van der Waals surface area contributed by atoms with Crippen LogP contribution in [0.4, 0.5) is 4.79 Å². The summed E-state index contributed by atoms with van der Waals surface area (Å²) in [5.41, 5.74) is 4.99. The number of carbonyl (C=O) groups is 1. The standard InChI is InChI=1S/C5H11NO2.C5H9N/c1-5(2,3)8-4(6)7;1-2-5(3-1)4-6-5/h1-3H3,(H2,6,7);6H,1-4H2. The second-order valence-electron chi connectivity index (χ2n) is 5.02. The fourth-order valence-electron chi connectivity index (χ4n) is 1.38. The van der Waals surface area contributed by atoms with Gasteiger partial charge in [-0.1, -0.05) is 0 Å². The quantitative estimate of drug-likeness (QED) is 0.580. The van der Waals surface area contributed by atoms with Crippen LogP contribution in [0.3, 0.4) is 0 Å². The number of nitrogens with two attached hydrogens (primary N) is 1. The van der Waals surface area contributed by atoms with Crippen LogP contribution in [0.25, 0.3) is 0 Å². The number of carbonyl (C=O) groups excluding carboxylic acids is 1. The number of hydrogen-bond acceptors (Lipinski definition) is 3. The molecule has 1 aliphatic carbocycles. The third-order valence-corrected chi connectivity index (χ3v) is 2.39. The van der Waals surface area contributed by atoms with Gasteiger partial charge in [0.05, 0.1) is 0 Å². The minimum Gasteiger partial charge on any atom is -0.444 e. The van der Waals surface area contributed by atoms with Gasteiger partial charge in [-0.05, 0) is 40.0 Å². The average molecular weight is 200 g/mol. The van der Waals surface area contributed by atoms with E-state index in [0.29, 0.717) is 0 Å². The molecular formula is C10H20N2O2. The summed E-state index contributed by atoms with van der Waals surface area (Å²) in [6.45, 7) is 6.60. The summed E-state index contributed by atoms with van der Waals surface area (Å²) < 4.78 is 4.58. The largest absolute Gasteiger partial charge is 0.444 e. The first-order valence-electron chi connectivity index (χ1n) is 5.07. The molecule has 0 unspecified atom stereocenters. The molecule has 0 aromatic rings. The van der Waals surface area contributed by atoms with E-state index in [1.807, 2.05) is 0 Å². The fourth-order valence-corrected chi connectivity index (χ4v) is 1.38. The molecule has 2 fully saturated rings. The van der Waals surface area contributed by atoms with Crippen molar-refractivity contribution in [2.45, 2.75) is 51.2 Å². The molecule has 1 aliphatic heterocycles. The van der Waals surface area contributed by atoms with Gasteiger partial charge >= 0.3 is 6.09 Å². The second-order valence-corrected chi connectivity index (χ2v) is 5.02. The molecule has 0 bridgehead atoms. The van der Waals surface area contributed by atoms with Crippen molar-refractivity contribution in [3.05, 3.63) is 0 Å². The normalized spacial score (nSPS) is 21.6. The topological polar surface area (TPSA) is 74.3 Å². The minimum absolute atomic E-state index is 0.453. The predicted octanol–water partition coefficient (Wildman–Crippen LogP) is 1.39. The van der Waals surface area contributed by atoms with Gasteiger partial charge in [-0.25, -0.2) is 4.79 Å². The zero-order valence-corrected chi connectivity index (χ0v) is 9.22. The second kappa shape index (κ2) is 3.77. The molecule has 1 heterocycles. The third-order valence-electron chi connectivity index (χ3n) is 2.39. The van der Waals surface area contributed by atoms with Crippen molar-refractivity contribution in [3.8, 4) is 0 Å². The average Bonchev–Trinajstić information content (AvgIpc) is 2.55. The summed E-state index contributed by atoms with van der Waals surface area (Å²) >= 11 is 0. The van der Waals surface area contributed by atoms with Crippen molar-refractivity contribution in [2.75, 3.05) is 6.54 Å². The SMILES string of the molecule is C1CC2(C1)CN2.CC(C)(C)OC(N)=O. The highest BCUT2D eigenvalue weighted by atomic mass is 16.6. The molecule has 1 saturated heterocycles. The maximum Gasteiger partial charge on any atom is 0.405 e. The smallest absolute Gasteiger partial charge is 0.405 e. The van der Waals surface area contributed by atoms with Gasteiger partial charge in [-0.15, -0.1) is 0 Å². The van der Waals surface area contributed by atoms with E-state index >= 15 is 0 Å². The zero-order valence-electron chi connectivity index (χ0n) is 9.22. The Hall–Kier alpha value is -0.770. The molecule has 1 spiro atoms. The Bertz CT molecular complexity index is 211. The maximum absolute atomic E-state index is 10.0. The molecule has 2 rings (SSSR count). The molecule has 14 heavy (non-hydrogen) atoms. The minimum atomic E-state index is -0.725. The van der Waals surface area contributed by atoms with Gasteiger partial charge in [0.2, 0.25) is 0 Å². The molecule has 82 valence electrons. The maximum atomic E-state index is 10.0. The van der Waals surface area contributed by atoms with Crippen molar-refractivity contribution < 1.29 is 9.53 Å². The zero-order chi connectivity index (χ0) is 10.8. The lowest BCUT2D eigenvalue weighted by Crippen LogP contribution is -2.27. The van der Waals surface area contributed by atoms with Crippen LogP contribution in [-0.4, -0.2) is 23.8 Å². The Morgan fingerprint density at radius 2 is 1.93 bits per heavy atom. The van der Waals surface area contributed by atoms with Crippen molar-refractivity contribution in [2.24, 2.45) is 5.73 Å². The van der Waals surface area contributed by atoms with E-state index in [2.05, 4.69) is 10.1 Å². The number of hydrogen-bond donors (Lipinski definition) is 2. The van der Waals surface area contributed by atoms with Crippen LogP contribution in [-0.2, 0) is 4.74 Å². The molecular weight excluding hydrogens is 180 g/mol. The Kier molecular flexibility index (Phi) is 3.04. The van der Waals surface area contributed by atoms with E-state index in [1.54, 1.807) is 20.8 Å². The van der Waals surface area contributed by atoms with E-state index < -0.39 is 11.7 Å². The van der Waals surface area contributed by atoms with E-state index in [9.17, 15) is 4.79 Å². The fraction of sp³-hybridized carbons (Fsp3) is 0.900. The van der Waals surface area contributed by atoms with E-state index in [-0.39, 0.29) is 0 Å². The van der Waals surface area contributed by atoms with Crippen LogP contribution in [0.2, 0.25) is 0 Å². The van der Waals surface area contributed by atoms with Crippen LogP contribution in [0.15, 0.2) is 0 Å². The molecule has 4 nitrogen and oxygen atoms in total. The van der Waals surface area contributed by atoms with Crippen LogP contribution in [0.1, 0.15) is 40.0 Å². The lowest BCUT2D eigenvalue weighted by atomic mass is 9.85. The van der Waals surface area contributed by atoms with E-state index in [4.69, 9.17) is 5.73 Å². The lowest BCUT2D eigenvalue weighted by molar-refractivity contribution is 0.0600. The molecule has 2 aliphatic rings. The van der Waals surface area contributed by atoms with Gasteiger partial charge in [0.15, 0.2) is 0 Å². The Morgan fingerprint density at radius 3 is 1.93 bits per heavy atom. The van der Waals surface area contributed by atoms with Crippen LogP contribution < -0.4 is 11.1 Å². The van der Waals surface area contributed by atoms with Crippen molar-refractivity contribution in [1.82, 2.24) is 5.32 Å². The highest BCUT2D eigenvalue weighted by Gasteiger charge is 2.46. The molecule has 0 atom stereocenters. The van der Waals surface area contributed by atoms with Crippen molar-refractivity contribution in [1.29, 1.82) is 0 Å². The Morgan fingerprint density at radius 1 is 1.43 bits per heavy atom. The summed E-state index contributed by atoms with van der Waals surface area (Å²) in [6, 6.07) is 0. The number of ether oxygens (including phenoxy) is 1.